The predicted octanol–water partition coefficient (Wildman–Crippen LogP) is 3.42. The summed E-state index contributed by atoms with van der Waals surface area (Å²) in [6.45, 7) is 0. The Bertz CT molecular complexity index is 743. The van der Waals surface area contributed by atoms with Crippen LogP contribution in [-0.2, 0) is 7.05 Å². The number of benzene rings is 1. The first kappa shape index (κ1) is 15.3. The van der Waals surface area contributed by atoms with Crippen molar-refractivity contribution in [3.63, 3.8) is 0 Å². The molecule has 0 atom stereocenters. The lowest BCUT2D eigenvalue weighted by Gasteiger charge is -2.09. The average Bonchev–Trinajstić information content (AvgIpc) is 2.66. The zero-order valence-corrected chi connectivity index (χ0v) is 12.2. The van der Waals surface area contributed by atoms with Gasteiger partial charge in [0.25, 0.3) is 5.91 Å². The molecule has 0 saturated carbocycles. The van der Waals surface area contributed by atoms with E-state index in [1.807, 2.05) is 0 Å². The summed E-state index contributed by atoms with van der Waals surface area (Å²) in [5.41, 5.74) is -0.261. The van der Waals surface area contributed by atoms with E-state index in [9.17, 15) is 14.0 Å². The van der Waals surface area contributed by atoms with E-state index in [4.69, 9.17) is 28.3 Å². The summed E-state index contributed by atoms with van der Waals surface area (Å²) >= 11 is 11.7. The molecule has 0 saturated heterocycles. The molecule has 0 fully saturated rings. The number of aromatic carboxylic acids is 1. The van der Waals surface area contributed by atoms with E-state index < -0.39 is 17.7 Å². The van der Waals surface area contributed by atoms with Crippen molar-refractivity contribution < 1.29 is 19.1 Å². The normalized spacial score (nSPS) is 10.5. The lowest BCUT2D eigenvalue weighted by atomic mass is 10.1. The average molecular weight is 331 g/mol. The Morgan fingerprint density at radius 3 is 2.48 bits per heavy atom. The van der Waals surface area contributed by atoms with Gasteiger partial charge >= 0.3 is 5.97 Å². The van der Waals surface area contributed by atoms with Crippen LogP contribution in [-0.4, -0.2) is 21.6 Å². The number of rotatable bonds is 3. The number of carboxylic acid groups (broad SMARTS) is 1. The molecule has 0 spiro atoms. The molecule has 0 radical (unpaired) electrons. The molecular weight excluding hydrogens is 322 g/mol. The van der Waals surface area contributed by atoms with Gasteiger partial charge < -0.3 is 15.0 Å². The van der Waals surface area contributed by atoms with Crippen LogP contribution in [0.1, 0.15) is 20.8 Å². The molecule has 8 heteroatoms. The van der Waals surface area contributed by atoms with Gasteiger partial charge in [-0.05, 0) is 24.3 Å². The van der Waals surface area contributed by atoms with Crippen molar-refractivity contribution in [3.8, 4) is 0 Å². The number of aromatic nitrogens is 1. The fourth-order valence-electron chi connectivity index (χ4n) is 1.75. The largest absolute Gasteiger partial charge is 0.478 e. The number of nitrogens with one attached hydrogen (secondary N) is 1. The van der Waals surface area contributed by atoms with Gasteiger partial charge in [-0.3, -0.25) is 4.79 Å². The van der Waals surface area contributed by atoms with Crippen LogP contribution in [0.2, 0.25) is 10.2 Å². The zero-order valence-electron chi connectivity index (χ0n) is 10.7. The third kappa shape index (κ3) is 3.01. The van der Waals surface area contributed by atoms with Crippen molar-refractivity contribution in [1.29, 1.82) is 0 Å². The highest BCUT2D eigenvalue weighted by molar-refractivity contribution is 6.42. The molecule has 1 aromatic carbocycles. The first-order chi connectivity index (χ1) is 9.81. The molecule has 2 aromatic rings. The van der Waals surface area contributed by atoms with Crippen LogP contribution < -0.4 is 5.32 Å². The number of carbonyl (C=O) groups is 2. The predicted molar refractivity (Wildman–Crippen MR) is 76.7 cm³/mol. The SMILES string of the molecule is Cn1c(C(=O)Nc2cc(F)ccc2C(=O)O)cc(Cl)c1Cl. The molecule has 1 heterocycles. The summed E-state index contributed by atoms with van der Waals surface area (Å²) in [7, 11) is 1.52. The van der Waals surface area contributed by atoms with Gasteiger partial charge in [-0.1, -0.05) is 23.2 Å². The second-order valence-electron chi connectivity index (χ2n) is 4.18. The molecule has 21 heavy (non-hydrogen) atoms. The Kier molecular flexibility index (Phi) is 4.20. The topological polar surface area (TPSA) is 71.3 Å². The van der Waals surface area contributed by atoms with Gasteiger partial charge in [-0.15, -0.1) is 0 Å². The highest BCUT2D eigenvalue weighted by atomic mass is 35.5. The van der Waals surface area contributed by atoms with E-state index in [2.05, 4.69) is 5.32 Å². The zero-order chi connectivity index (χ0) is 15.7. The number of amides is 1. The van der Waals surface area contributed by atoms with Gasteiger partial charge in [-0.25, -0.2) is 9.18 Å². The second-order valence-corrected chi connectivity index (χ2v) is 4.94. The van der Waals surface area contributed by atoms with Gasteiger partial charge in [0.1, 0.15) is 16.7 Å². The molecule has 1 amide bonds. The highest BCUT2D eigenvalue weighted by Crippen LogP contribution is 2.26. The number of hydrogen-bond acceptors (Lipinski definition) is 2. The van der Waals surface area contributed by atoms with E-state index >= 15 is 0 Å². The van der Waals surface area contributed by atoms with Crippen LogP contribution in [0, 0.1) is 5.82 Å². The second kappa shape index (κ2) is 5.75. The Labute approximate surface area is 128 Å². The van der Waals surface area contributed by atoms with Gasteiger partial charge in [0.05, 0.1) is 16.3 Å². The molecule has 0 bridgehead atoms. The molecule has 0 aliphatic carbocycles. The first-order valence-corrected chi connectivity index (χ1v) is 6.41. The number of anilines is 1. The Hall–Kier alpha value is -2.05. The van der Waals surface area contributed by atoms with Crippen molar-refractivity contribution >= 4 is 40.8 Å². The monoisotopic (exact) mass is 330 g/mol. The first-order valence-electron chi connectivity index (χ1n) is 5.66. The fourth-order valence-corrected chi connectivity index (χ4v) is 2.13. The van der Waals surface area contributed by atoms with Crippen LogP contribution in [0.4, 0.5) is 10.1 Å². The van der Waals surface area contributed by atoms with E-state index in [1.54, 1.807) is 0 Å². The molecule has 2 N–H and O–H groups in total. The number of carboxylic acids is 1. The van der Waals surface area contributed by atoms with Gasteiger partial charge in [0.15, 0.2) is 0 Å². The Morgan fingerprint density at radius 1 is 1.29 bits per heavy atom. The summed E-state index contributed by atoms with van der Waals surface area (Å²) in [6.07, 6.45) is 0. The number of hydrogen-bond donors (Lipinski definition) is 2. The summed E-state index contributed by atoms with van der Waals surface area (Å²) < 4.78 is 14.6. The Balaban J connectivity index is 2.38. The third-order valence-electron chi connectivity index (χ3n) is 2.81. The fraction of sp³-hybridized carbons (Fsp3) is 0.0769. The smallest absolute Gasteiger partial charge is 0.337 e. The maximum Gasteiger partial charge on any atom is 0.337 e. The third-order valence-corrected chi connectivity index (χ3v) is 3.65. The summed E-state index contributed by atoms with van der Waals surface area (Å²) in [6, 6.07) is 4.32. The highest BCUT2D eigenvalue weighted by Gasteiger charge is 2.19. The summed E-state index contributed by atoms with van der Waals surface area (Å²) in [5.74, 6) is -2.61. The van der Waals surface area contributed by atoms with Crippen LogP contribution >= 0.6 is 23.2 Å². The standard InChI is InChI=1S/C13H9Cl2FN2O3/c1-18-10(5-8(14)11(18)15)12(19)17-9-4-6(16)2-3-7(9)13(20)21/h2-5H,1H3,(H,17,19)(H,20,21). The van der Waals surface area contributed by atoms with E-state index in [1.165, 1.54) is 17.7 Å². The van der Waals surface area contributed by atoms with Crippen LogP contribution in [0.25, 0.3) is 0 Å². The lowest BCUT2D eigenvalue weighted by molar-refractivity contribution is 0.0698. The van der Waals surface area contributed by atoms with Crippen molar-refractivity contribution in [2.24, 2.45) is 7.05 Å². The van der Waals surface area contributed by atoms with Crippen LogP contribution in [0.5, 0.6) is 0 Å². The van der Waals surface area contributed by atoms with Crippen molar-refractivity contribution in [3.05, 3.63) is 51.5 Å². The number of nitrogens with zero attached hydrogens (tertiary/aromatic N) is 1. The van der Waals surface area contributed by atoms with Crippen molar-refractivity contribution in [2.75, 3.05) is 5.32 Å². The van der Waals surface area contributed by atoms with Crippen LogP contribution in [0.15, 0.2) is 24.3 Å². The molecule has 0 aliphatic rings. The molecule has 0 aliphatic heterocycles. The summed E-state index contributed by atoms with van der Waals surface area (Å²) in [5, 5.41) is 11.7. The Morgan fingerprint density at radius 2 is 1.95 bits per heavy atom. The maximum absolute atomic E-state index is 13.2. The minimum Gasteiger partial charge on any atom is -0.478 e. The molecule has 110 valence electrons. The molecular formula is C13H9Cl2FN2O3. The number of carbonyl (C=O) groups excluding carboxylic acids is 1. The molecule has 5 nitrogen and oxygen atoms in total. The van der Waals surface area contributed by atoms with Crippen molar-refractivity contribution in [1.82, 2.24) is 4.57 Å². The molecule has 0 unspecified atom stereocenters. The minimum atomic E-state index is -1.28. The van der Waals surface area contributed by atoms with E-state index in [0.29, 0.717) is 0 Å². The van der Waals surface area contributed by atoms with Gasteiger partial charge in [0, 0.05) is 7.05 Å². The van der Waals surface area contributed by atoms with E-state index in [-0.39, 0.29) is 27.1 Å². The molecule has 1 aromatic heterocycles. The van der Waals surface area contributed by atoms with Gasteiger partial charge in [0.2, 0.25) is 0 Å². The molecule has 2 rings (SSSR count). The van der Waals surface area contributed by atoms with E-state index in [0.717, 1.165) is 18.2 Å². The summed E-state index contributed by atoms with van der Waals surface area (Å²) in [4.78, 5) is 23.2. The lowest BCUT2D eigenvalue weighted by Crippen LogP contribution is -2.17. The van der Waals surface area contributed by atoms with Gasteiger partial charge in [-0.2, -0.15) is 0 Å². The van der Waals surface area contributed by atoms with Crippen LogP contribution in [0.3, 0.4) is 0 Å². The maximum atomic E-state index is 13.2. The minimum absolute atomic E-state index is 0.116. The quantitative estimate of drug-likeness (QED) is 0.905. The van der Waals surface area contributed by atoms with Crippen molar-refractivity contribution in [2.45, 2.75) is 0 Å². The number of halogens is 3.